The van der Waals surface area contributed by atoms with Crippen LogP contribution in [0.15, 0.2) is 36.7 Å². The molecule has 4 heteroatoms. The van der Waals surface area contributed by atoms with Gasteiger partial charge in [0.2, 0.25) is 0 Å². The first kappa shape index (κ1) is 9.30. The summed E-state index contributed by atoms with van der Waals surface area (Å²) in [4.78, 5) is 4.28. The third-order valence-corrected chi connectivity index (χ3v) is 2.77. The summed E-state index contributed by atoms with van der Waals surface area (Å²) in [5.74, 6) is -0.225. The predicted molar refractivity (Wildman–Crippen MR) is 60.5 cm³/mol. The van der Waals surface area contributed by atoms with Crippen LogP contribution in [0.4, 0.5) is 4.39 Å². The van der Waals surface area contributed by atoms with E-state index in [1.165, 1.54) is 6.07 Å². The zero-order valence-corrected chi connectivity index (χ0v) is 8.52. The second-order valence-corrected chi connectivity index (χ2v) is 3.66. The van der Waals surface area contributed by atoms with Crippen molar-refractivity contribution in [3.05, 3.63) is 48.2 Å². The molecular formula is C12H10FN3. The Morgan fingerprint density at radius 2 is 2.12 bits per heavy atom. The SMILES string of the molecule is NCc1cnc2c3cccc(F)c3ccn12. The van der Waals surface area contributed by atoms with Gasteiger partial charge in [0.25, 0.3) is 0 Å². The Morgan fingerprint density at radius 3 is 2.94 bits per heavy atom. The third-order valence-electron chi connectivity index (χ3n) is 2.77. The molecule has 0 fully saturated rings. The molecule has 0 amide bonds. The van der Waals surface area contributed by atoms with Gasteiger partial charge in [0.1, 0.15) is 11.5 Å². The van der Waals surface area contributed by atoms with Gasteiger partial charge >= 0.3 is 0 Å². The number of pyridine rings is 1. The van der Waals surface area contributed by atoms with Crippen LogP contribution in [0.3, 0.4) is 0 Å². The molecule has 3 aromatic rings. The predicted octanol–water partition coefficient (Wildman–Crippen LogP) is 2.09. The van der Waals surface area contributed by atoms with Crippen molar-refractivity contribution in [1.29, 1.82) is 0 Å². The van der Waals surface area contributed by atoms with Gasteiger partial charge in [-0.3, -0.25) is 0 Å². The molecule has 0 saturated heterocycles. The van der Waals surface area contributed by atoms with Crippen LogP contribution in [-0.2, 0) is 6.54 Å². The van der Waals surface area contributed by atoms with Crippen molar-refractivity contribution in [1.82, 2.24) is 9.38 Å². The van der Waals surface area contributed by atoms with E-state index in [1.54, 1.807) is 24.5 Å². The Morgan fingerprint density at radius 1 is 1.25 bits per heavy atom. The van der Waals surface area contributed by atoms with Crippen molar-refractivity contribution >= 4 is 16.4 Å². The fraction of sp³-hybridized carbons (Fsp3) is 0.0833. The van der Waals surface area contributed by atoms with E-state index in [4.69, 9.17) is 5.73 Å². The summed E-state index contributed by atoms with van der Waals surface area (Å²) in [5.41, 5.74) is 7.26. The Balaban J connectivity index is 2.51. The lowest BCUT2D eigenvalue weighted by atomic mass is 10.1. The molecule has 0 atom stereocenters. The minimum Gasteiger partial charge on any atom is -0.325 e. The fourth-order valence-electron chi connectivity index (χ4n) is 1.96. The van der Waals surface area contributed by atoms with E-state index in [2.05, 4.69) is 4.98 Å². The van der Waals surface area contributed by atoms with Crippen molar-refractivity contribution in [3.8, 4) is 0 Å². The van der Waals surface area contributed by atoms with Gasteiger partial charge in [0, 0.05) is 23.5 Å². The highest BCUT2D eigenvalue weighted by Crippen LogP contribution is 2.22. The Labute approximate surface area is 91.3 Å². The van der Waals surface area contributed by atoms with Gasteiger partial charge in [0.05, 0.1) is 11.9 Å². The molecule has 0 aliphatic rings. The van der Waals surface area contributed by atoms with Crippen LogP contribution in [0.5, 0.6) is 0 Å². The first-order chi connectivity index (χ1) is 7.81. The molecule has 0 aliphatic heterocycles. The Hall–Kier alpha value is -1.94. The van der Waals surface area contributed by atoms with Gasteiger partial charge in [0.15, 0.2) is 0 Å². The largest absolute Gasteiger partial charge is 0.325 e. The topological polar surface area (TPSA) is 43.3 Å². The van der Waals surface area contributed by atoms with E-state index in [9.17, 15) is 4.39 Å². The Bertz CT molecular complexity index is 672. The summed E-state index contributed by atoms with van der Waals surface area (Å²) in [6.45, 7) is 0.419. The molecule has 3 nitrogen and oxygen atoms in total. The summed E-state index contributed by atoms with van der Waals surface area (Å²) in [7, 11) is 0. The number of hydrogen-bond acceptors (Lipinski definition) is 2. The highest BCUT2D eigenvalue weighted by molar-refractivity contribution is 5.94. The lowest BCUT2D eigenvalue weighted by molar-refractivity contribution is 0.640. The van der Waals surface area contributed by atoms with E-state index in [0.29, 0.717) is 11.9 Å². The van der Waals surface area contributed by atoms with E-state index in [-0.39, 0.29) is 5.82 Å². The van der Waals surface area contributed by atoms with Crippen LogP contribution in [-0.4, -0.2) is 9.38 Å². The number of benzene rings is 1. The summed E-state index contributed by atoms with van der Waals surface area (Å²) in [6, 6.07) is 6.75. The summed E-state index contributed by atoms with van der Waals surface area (Å²) < 4.78 is 15.4. The van der Waals surface area contributed by atoms with Crippen LogP contribution in [0, 0.1) is 5.82 Å². The van der Waals surface area contributed by atoms with Gasteiger partial charge in [-0.25, -0.2) is 9.37 Å². The number of halogens is 1. The lowest BCUT2D eigenvalue weighted by Crippen LogP contribution is -2.00. The van der Waals surface area contributed by atoms with Crippen LogP contribution >= 0.6 is 0 Å². The van der Waals surface area contributed by atoms with Crippen molar-refractivity contribution in [3.63, 3.8) is 0 Å². The maximum atomic E-state index is 13.5. The summed E-state index contributed by atoms with van der Waals surface area (Å²) in [5, 5.41) is 1.39. The van der Waals surface area contributed by atoms with Crippen LogP contribution in [0.25, 0.3) is 16.4 Å². The molecule has 0 radical (unpaired) electrons. The van der Waals surface area contributed by atoms with Gasteiger partial charge < -0.3 is 10.1 Å². The van der Waals surface area contributed by atoms with Crippen molar-refractivity contribution < 1.29 is 4.39 Å². The maximum Gasteiger partial charge on any atom is 0.144 e. The standard InChI is InChI=1S/C12H10FN3/c13-11-3-1-2-10-9(11)4-5-16-8(6-14)7-15-12(10)16/h1-5,7H,6,14H2. The molecule has 80 valence electrons. The van der Waals surface area contributed by atoms with Crippen molar-refractivity contribution in [2.75, 3.05) is 0 Å². The molecule has 0 saturated carbocycles. The van der Waals surface area contributed by atoms with Crippen molar-refractivity contribution in [2.45, 2.75) is 6.54 Å². The number of nitrogens with two attached hydrogens (primary N) is 1. The van der Waals surface area contributed by atoms with Crippen LogP contribution < -0.4 is 5.73 Å². The quantitative estimate of drug-likeness (QED) is 0.675. The van der Waals surface area contributed by atoms with E-state index < -0.39 is 0 Å². The minimum atomic E-state index is -0.225. The smallest absolute Gasteiger partial charge is 0.144 e. The van der Waals surface area contributed by atoms with Gasteiger partial charge in [-0.05, 0) is 12.1 Å². The number of rotatable bonds is 1. The zero-order chi connectivity index (χ0) is 11.1. The summed E-state index contributed by atoms with van der Waals surface area (Å²) >= 11 is 0. The molecule has 0 unspecified atom stereocenters. The molecule has 2 aromatic heterocycles. The highest BCUT2D eigenvalue weighted by Gasteiger charge is 2.07. The normalized spacial score (nSPS) is 11.4. The molecule has 1 aromatic carbocycles. The number of fused-ring (bicyclic) bond motifs is 3. The van der Waals surface area contributed by atoms with Crippen molar-refractivity contribution in [2.24, 2.45) is 5.73 Å². The summed E-state index contributed by atoms with van der Waals surface area (Å²) in [6.07, 6.45) is 3.52. The zero-order valence-electron chi connectivity index (χ0n) is 8.52. The van der Waals surface area contributed by atoms with Gasteiger partial charge in [-0.15, -0.1) is 0 Å². The Kier molecular flexibility index (Phi) is 1.91. The number of nitrogens with zero attached hydrogens (tertiary/aromatic N) is 2. The van der Waals surface area contributed by atoms with E-state index >= 15 is 0 Å². The molecule has 0 aliphatic carbocycles. The van der Waals surface area contributed by atoms with E-state index in [0.717, 1.165) is 16.7 Å². The molecule has 16 heavy (non-hydrogen) atoms. The number of aromatic nitrogens is 2. The number of imidazole rings is 1. The monoisotopic (exact) mass is 215 g/mol. The second-order valence-electron chi connectivity index (χ2n) is 3.66. The van der Waals surface area contributed by atoms with E-state index in [1.807, 2.05) is 10.5 Å². The molecule has 3 rings (SSSR count). The van der Waals surface area contributed by atoms with Gasteiger partial charge in [-0.2, -0.15) is 0 Å². The molecule has 2 N–H and O–H groups in total. The first-order valence-electron chi connectivity index (χ1n) is 5.04. The number of hydrogen-bond donors (Lipinski definition) is 1. The molecule has 0 spiro atoms. The first-order valence-corrected chi connectivity index (χ1v) is 5.04. The average Bonchev–Trinajstić information content (AvgIpc) is 2.72. The lowest BCUT2D eigenvalue weighted by Gasteiger charge is -2.03. The van der Waals surface area contributed by atoms with Crippen LogP contribution in [0.2, 0.25) is 0 Å². The second kappa shape index (κ2) is 3.28. The third kappa shape index (κ3) is 1.13. The highest BCUT2D eigenvalue weighted by atomic mass is 19.1. The molecule has 0 bridgehead atoms. The molecular weight excluding hydrogens is 205 g/mol. The van der Waals surface area contributed by atoms with Crippen LogP contribution in [0.1, 0.15) is 5.69 Å². The molecule has 2 heterocycles. The minimum absolute atomic E-state index is 0.225. The average molecular weight is 215 g/mol. The van der Waals surface area contributed by atoms with Gasteiger partial charge in [-0.1, -0.05) is 12.1 Å². The fourth-order valence-corrected chi connectivity index (χ4v) is 1.96. The maximum absolute atomic E-state index is 13.5.